The summed E-state index contributed by atoms with van der Waals surface area (Å²) in [5, 5.41) is 7.77. The molecule has 2 aromatic heterocycles. The molecule has 0 atom stereocenters. The Hall–Kier alpha value is -4.40. The molecule has 0 bridgehead atoms. The summed E-state index contributed by atoms with van der Waals surface area (Å²) >= 11 is 1.89. The van der Waals surface area contributed by atoms with Gasteiger partial charge in [-0.1, -0.05) is 97.1 Å². The molecule has 1 nitrogen and oxygen atoms in total. The summed E-state index contributed by atoms with van der Waals surface area (Å²) in [4.78, 5) is 0. The van der Waals surface area contributed by atoms with Gasteiger partial charge in [-0.05, 0) is 46.8 Å². The second kappa shape index (κ2) is 7.55. The van der Waals surface area contributed by atoms with Crippen LogP contribution in [0.3, 0.4) is 0 Å². The first kappa shape index (κ1) is 19.9. The van der Waals surface area contributed by atoms with Gasteiger partial charge in [0.05, 0.1) is 16.7 Å². The van der Waals surface area contributed by atoms with Gasteiger partial charge in [0.2, 0.25) is 0 Å². The van der Waals surface area contributed by atoms with Crippen molar-refractivity contribution in [2.24, 2.45) is 0 Å². The molecule has 0 spiro atoms. The highest BCUT2D eigenvalue weighted by Gasteiger charge is 2.16. The minimum absolute atomic E-state index is 1.22. The molecule has 0 fully saturated rings. The summed E-state index contributed by atoms with van der Waals surface area (Å²) in [5.74, 6) is 0. The fraction of sp³-hybridized carbons (Fsp3) is 0. The van der Waals surface area contributed by atoms with Crippen molar-refractivity contribution in [2.75, 3.05) is 0 Å². The Labute approximate surface area is 212 Å². The highest BCUT2D eigenvalue weighted by atomic mass is 32.1. The van der Waals surface area contributed by atoms with Gasteiger partial charge < -0.3 is 4.57 Å². The summed E-state index contributed by atoms with van der Waals surface area (Å²) in [6.45, 7) is 0. The topological polar surface area (TPSA) is 4.93 Å². The van der Waals surface area contributed by atoms with Crippen molar-refractivity contribution in [3.8, 4) is 16.8 Å². The Kier molecular flexibility index (Phi) is 4.16. The summed E-state index contributed by atoms with van der Waals surface area (Å²) in [7, 11) is 0. The van der Waals surface area contributed by atoms with Gasteiger partial charge in [-0.15, -0.1) is 11.3 Å². The normalized spacial score (nSPS) is 11.9. The van der Waals surface area contributed by atoms with Crippen LogP contribution in [-0.2, 0) is 0 Å². The molecule has 0 aliphatic carbocycles. The van der Waals surface area contributed by atoms with Gasteiger partial charge >= 0.3 is 0 Å². The summed E-state index contributed by atoms with van der Waals surface area (Å²) in [6.07, 6.45) is 0. The van der Waals surface area contributed by atoms with Gasteiger partial charge in [-0.25, -0.2) is 0 Å². The van der Waals surface area contributed by atoms with Crippen LogP contribution in [0.5, 0.6) is 0 Å². The Morgan fingerprint density at radius 3 is 2.11 bits per heavy atom. The zero-order chi connectivity index (χ0) is 23.6. The molecule has 0 amide bonds. The molecule has 6 aromatic carbocycles. The highest BCUT2D eigenvalue weighted by molar-refractivity contribution is 7.26. The predicted octanol–water partition coefficient (Wildman–Crippen LogP) is 9.97. The molecule has 2 heterocycles. The second-order valence-electron chi connectivity index (χ2n) is 9.36. The van der Waals surface area contributed by atoms with E-state index in [2.05, 4.69) is 132 Å². The molecule has 2 heteroatoms. The Balaban J connectivity index is 1.44. The van der Waals surface area contributed by atoms with Gasteiger partial charge in [0.1, 0.15) is 0 Å². The van der Waals surface area contributed by atoms with Crippen LogP contribution < -0.4 is 0 Å². The summed E-state index contributed by atoms with van der Waals surface area (Å²) in [5.41, 5.74) is 6.26. The van der Waals surface area contributed by atoms with E-state index in [4.69, 9.17) is 0 Å². The van der Waals surface area contributed by atoms with Crippen LogP contribution in [0, 0.1) is 0 Å². The van der Waals surface area contributed by atoms with E-state index in [1.165, 1.54) is 69.6 Å². The molecule has 0 radical (unpaired) electrons. The smallest absolute Gasteiger partial charge is 0.0541 e. The molecule has 8 rings (SSSR count). The number of hydrogen-bond acceptors (Lipinski definition) is 1. The van der Waals surface area contributed by atoms with E-state index in [0.717, 1.165) is 0 Å². The van der Waals surface area contributed by atoms with Crippen molar-refractivity contribution in [1.29, 1.82) is 0 Å². The van der Waals surface area contributed by atoms with E-state index < -0.39 is 0 Å². The van der Waals surface area contributed by atoms with Crippen molar-refractivity contribution in [1.82, 2.24) is 4.57 Å². The Morgan fingerprint density at radius 1 is 0.472 bits per heavy atom. The van der Waals surface area contributed by atoms with Gasteiger partial charge in [0, 0.05) is 36.3 Å². The van der Waals surface area contributed by atoms with E-state index in [0.29, 0.717) is 0 Å². The fourth-order valence-electron chi connectivity index (χ4n) is 5.78. The molecular formula is C34H21NS. The first-order chi connectivity index (χ1) is 17.9. The highest BCUT2D eigenvalue weighted by Crippen LogP contribution is 2.42. The van der Waals surface area contributed by atoms with E-state index in [-0.39, 0.29) is 0 Å². The number of aromatic nitrogens is 1. The van der Waals surface area contributed by atoms with Crippen LogP contribution in [-0.4, -0.2) is 4.57 Å². The molecule has 0 saturated carbocycles. The number of nitrogens with zero attached hydrogens (tertiary/aromatic N) is 1. The van der Waals surface area contributed by atoms with Gasteiger partial charge in [0.15, 0.2) is 0 Å². The average molecular weight is 476 g/mol. The summed E-state index contributed by atoms with van der Waals surface area (Å²) < 4.78 is 5.13. The van der Waals surface area contributed by atoms with E-state index >= 15 is 0 Å². The molecular weight excluding hydrogens is 454 g/mol. The molecule has 0 aliphatic rings. The van der Waals surface area contributed by atoms with Crippen LogP contribution in [0.2, 0.25) is 0 Å². The zero-order valence-corrected chi connectivity index (χ0v) is 20.3. The van der Waals surface area contributed by atoms with E-state index in [9.17, 15) is 0 Å². The average Bonchev–Trinajstić information content (AvgIpc) is 3.48. The lowest BCUT2D eigenvalue weighted by molar-refractivity contribution is 1.20. The largest absolute Gasteiger partial charge is 0.309 e. The third-order valence-corrected chi connectivity index (χ3v) is 8.62. The number of hydrogen-bond donors (Lipinski definition) is 0. The minimum atomic E-state index is 1.22. The summed E-state index contributed by atoms with van der Waals surface area (Å²) in [6, 6.07) is 46.4. The van der Waals surface area contributed by atoms with Crippen LogP contribution in [0.1, 0.15) is 0 Å². The molecule has 8 aromatic rings. The number of para-hydroxylation sites is 1. The molecule has 0 N–H and O–H groups in total. The third kappa shape index (κ3) is 2.76. The monoisotopic (exact) mass is 475 g/mol. The Morgan fingerprint density at radius 2 is 1.17 bits per heavy atom. The molecule has 36 heavy (non-hydrogen) atoms. The fourth-order valence-corrected chi connectivity index (χ4v) is 7.02. The van der Waals surface area contributed by atoms with Gasteiger partial charge in [0.25, 0.3) is 0 Å². The van der Waals surface area contributed by atoms with Crippen LogP contribution in [0.15, 0.2) is 127 Å². The lowest BCUT2D eigenvalue weighted by atomic mass is 10.0. The lowest BCUT2D eigenvalue weighted by Gasteiger charge is -2.12. The molecule has 0 aliphatic heterocycles. The predicted molar refractivity (Wildman–Crippen MR) is 157 cm³/mol. The van der Waals surface area contributed by atoms with Gasteiger partial charge in [-0.2, -0.15) is 0 Å². The first-order valence-corrected chi connectivity index (χ1v) is 13.1. The minimum Gasteiger partial charge on any atom is -0.309 e. The Bertz CT molecular complexity index is 2100. The maximum Gasteiger partial charge on any atom is 0.0541 e. The number of rotatable bonds is 2. The SMILES string of the molecule is c1ccc2c(-n3c4ccccc4c4cc(-c5cccc6c5sc5ccccc56)ccc43)cccc2c1. The molecule has 0 saturated heterocycles. The molecule has 168 valence electrons. The first-order valence-electron chi connectivity index (χ1n) is 12.3. The van der Waals surface area contributed by atoms with Crippen LogP contribution in [0.4, 0.5) is 0 Å². The third-order valence-electron chi connectivity index (χ3n) is 7.40. The number of fused-ring (bicyclic) bond motifs is 7. The zero-order valence-electron chi connectivity index (χ0n) is 19.5. The standard InChI is InChI=1S/C34H21NS/c1-2-11-24-22(9-1)10-7-17-30(24)35-31-16-5-3-12-26(31)29-21-23(19-20-32(29)35)25-14-8-15-28-27-13-4-6-18-33(27)36-34(25)28/h1-21H. The van der Waals surface area contributed by atoms with Crippen LogP contribution in [0.25, 0.3) is 69.6 Å². The van der Waals surface area contributed by atoms with E-state index in [1.807, 2.05) is 11.3 Å². The quantitative estimate of drug-likeness (QED) is 0.234. The van der Waals surface area contributed by atoms with Crippen molar-refractivity contribution < 1.29 is 0 Å². The second-order valence-corrected chi connectivity index (χ2v) is 10.4. The van der Waals surface area contributed by atoms with Crippen molar-refractivity contribution in [3.63, 3.8) is 0 Å². The molecule has 0 unspecified atom stereocenters. The van der Waals surface area contributed by atoms with Crippen LogP contribution >= 0.6 is 11.3 Å². The maximum absolute atomic E-state index is 2.43. The lowest BCUT2D eigenvalue weighted by Crippen LogP contribution is -1.95. The van der Waals surface area contributed by atoms with Crippen molar-refractivity contribution >= 4 is 64.1 Å². The number of thiophene rings is 1. The maximum atomic E-state index is 2.43. The van der Waals surface area contributed by atoms with Crippen molar-refractivity contribution in [2.45, 2.75) is 0 Å². The van der Waals surface area contributed by atoms with Gasteiger partial charge in [-0.3, -0.25) is 0 Å². The van der Waals surface area contributed by atoms with E-state index in [1.54, 1.807) is 0 Å². The number of benzene rings is 6. The van der Waals surface area contributed by atoms with Crippen molar-refractivity contribution in [3.05, 3.63) is 127 Å².